The molecule has 4 atom stereocenters. The molecule has 4 aromatic rings. The van der Waals surface area contributed by atoms with Crippen LogP contribution in [0.1, 0.15) is 41.5 Å². The van der Waals surface area contributed by atoms with Crippen LogP contribution in [-0.2, 0) is 44.3 Å². The monoisotopic (exact) mass is 748 g/mol. The van der Waals surface area contributed by atoms with Gasteiger partial charge in [-0.25, -0.2) is 0 Å². The Morgan fingerprint density at radius 3 is 1.87 bits per heavy atom. The van der Waals surface area contributed by atoms with E-state index in [1.165, 1.54) is 0 Å². The van der Waals surface area contributed by atoms with E-state index in [2.05, 4.69) is 23.8 Å². The van der Waals surface area contributed by atoms with Gasteiger partial charge < -0.3 is 25.2 Å². The molecule has 8 nitrogen and oxygen atoms in total. The molecule has 0 aliphatic rings. The van der Waals surface area contributed by atoms with E-state index >= 15 is 0 Å². The topological polar surface area (TPSA) is 114 Å². The van der Waals surface area contributed by atoms with E-state index in [1.54, 1.807) is 23.9 Å². The van der Waals surface area contributed by atoms with Crippen molar-refractivity contribution in [3.8, 4) is 5.75 Å². The van der Waals surface area contributed by atoms with Gasteiger partial charge in [0.05, 0.1) is 30.5 Å². The highest BCUT2D eigenvalue weighted by molar-refractivity contribution is 7.98. The molecule has 0 aromatic heterocycles. The predicted octanol–water partition coefficient (Wildman–Crippen LogP) is 7.26. The number of allylic oxidation sites excluding steroid dienone is 2. The largest absolute Gasteiger partial charge is 0.489 e. The van der Waals surface area contributed by atoms with Crippen LogP contribution in [0.3, 0.4) is 0 Å². The van der Waals surface area contributed by atoms with Crippen LogP contribution in [0.5, 0.6) is 5.75 Å². The van der Waals surface area contributed by atoms with Crippen LogP contribution in [0.4, 0.5) is 0 Å². The molecule has 0 aliphatic carbocycles. The summed E-state index contributed by atoms with van der Waals surface area (Å²) in [5.74, 6) is -0.197. The average Bonchev–Trinajstić information content (AvgIpc) is 3.20. The Morgan fingerprint density at radius 1 is 0.685 bits per heavy atom. The second-order valence-corrected chi connectivity index (χ2v) is 14.3. The molecule has 4 rings (SSSR count). The lowest BCUT2D eigenvalue weighted by atomic mass is 9.96. The summed E-state index contributed by atoms with van der Waals surface area (Å²) >= 11 is 1.63. The van der Waals surface area contributed by atoms with Gasteiger partial charge in [-0.2, -0.15) is 11.8 Å². The van der Waals surface area contributed by atoms with Gasteiger partial charge >= 0.3 is 5.97 Å². The van der Waals surface area contributed by atoms with Crippen molar-refractivity contribution in [2.24, 2.45) is 11.8 Å². The summed E-state index contributed by atoms with van der Waals surface area (Å²) in [6, 6.07) is 36.2. The number of esters is 1. The van der Waals surface area contributed by atoms with Crippen molar-refractivity contribution in [3.63, 3.8) is 0 Å². The summed E-state index contributed by atoms with van der Waals surface area (Å²) in [5.41, 5.74) is 4.17. The van der Waals surface area contributed by atoms with Gasteiger partial charge in [0.2, 0.25) is 11.8 Å². The fourth-order valence-electron chi connectivity index (χ4n) is 5.91. The highest BCUT2D eigenvalue weighted by Gasteiger charge is 2.26. The van der Waals surface area contributed by atoms with Crippen molar-refractivity contribution in [2.75, 3.05) is 19.0 Å². The van der Waals surface area contributed by atoms with E-state index in [-0.39, 0.29) is 43.8 Å². The molecule has 0 fully saturated rings. The molecule has 2 amide bonds. The fourth-order valence-corrected chi connectivity index (χ4v) is 6.92. The van der Waals surface area contributed by atoms with Crippen LogP contribution in [0, 0.1) is 11.8 Å². The number of rotatable bonds is 24. The van der Waals surface area contributed by atoms with Crippen molar-refractivity contribution >= 4 is 29.5 Å². The minimum Gasteiger partial charge on any atom is -0.489 e. The summed E-state index contributed by atoms with van der Waals surface area (Å²) < 4.78 is 11.7. The maximum atomic E-state index is 13.7. The summed E-state index contributed by atoms with van der Waals surface area (Å²) in [6.07, 6.45) is 4.90. The van der Waals surface area contributed by atoms with Gasteiger partial charge in [-0.05, 0) is 60.1 Å². The van der Waals surface area contributed by atoms with Gasteiger partial charge in [-0.3, -0.25) is 14.4 Å². The second kappa shape index (κ2) is 23.5. The third-order valence-corrected chi connectivity index (χ3v) is 9.98. The molecule has 54 heavy (non-hydrogen) atoms. The van der Waals surface area contributed by atoms with Crippen molar-refractivity contribution in [3.05, 3.63) is 163 Å². The molecule has 284 valence electrons. The molecule has 9 heteroatoms. The summed E-state index contributed by atoms with van der Waals surface area (Å²) in [5, 5.41) is 16.1. The lowest BCUT2D eigenvalue weighted by Crippen LogP contribution is -2.46. The zero-order valence-electron chi connectivity index (χ0n) is 30.8. The van der Waals surface area contributed by atoms with Crippen molar-refractivity contribution in [1.82, 2.24) is 10.6 Å². The number of thioether (sulfide) groups is 1. The van der Waals surface area contributed by atoms with Crippen LogP contribution < -0.4 is 15.4 Å². The van der Waals surface area contributed by atoms with Gasteiger partial charge in [0, 0.05) is 17.9 Å². The maximum Gasteiger partial charge on any atom is 0.309 e. The molecular weight excluding hydrogens is 697 g/mol. The quantitative estimate of drug-likeness (QED) is 0.0511. The van der Waals surface area contributed by atoms with Crippen molar-refractivity contribution < 1.29 is 29.0 Å². The molecule has 0 unspecified atom stereocenters. The first-order chi connectivity index (χ1) is 26.4. The molecule has 0 aliphatic heterocycles. The van der Waals surface area contributed by atoms with E-state index < -0.39 is 23.9 Å². The smallest absolute Gasteiger partial charge is 0.309 e. The van der Waals surface area contributed by atoms with Gasteiger partial charge in [-0.15, -0.1) is 13.2 Å². The number of hydrogen-bond acceptors (Lipinski definition) is 7. The number of carbonyl (C=O) groups excluding carboxylic acids is 3. The minimum absolute atomic E-state index is 0.00945. The van der Waals surface area contributed by atoms with E-state index in [4.69, 9.17) is 9.47 Å². The molecule has 0 radical (unpaired) electrons. The van der Waals surface area contributed by atoms with Crippen LogP contribution in [0.25, 0.3) is 0 Å². The van der Waals surface area contributed by atoms with Gasteiger partial charge in [-0.1, -0.05) is 115 Å². The maximum absolute atomic E-state index is 13.7. The van der Waals surface area contributed by atoms with Crippen molar-refractivity contribution in [1.29, 1.82) is 0 Å². The SMILES string of the molecule is C=CC[C@@H](CC(=O)N[C@H](CO)Cc1ccc(OCc2ccccc2)cc1)C(=O)N[C@H](COC(=O)[C@@H](CC=C)Cc1ccccc1)CSCc1ccccc1. The lowest BCUT2D eigenvalue weighted by Gasteiger charge is -2.24. The Morgan fingerprint density at radius 2 is 1.26 bits per heavy atom. The Bertz CT molecular complexity index is 1720. The van der Waals surface area contributed by atoms with E-state index in [0.717, 1.165) is 33.8 Å². The van der Waals surface area contributed by atoms with Gasteiger partial charge in [0.1, 0.15) is 19.0 Å². The Kier molecular flexibility index (Phi) is 18.1. The molecule has 0 bridgehead atoms. The number of benzene rings is 4. The summed E-state index contributed by atoms with van der Waals surface area (Å²) in [6.45, 7) is 7.82. The molecular formula is C45H52N2O6S. The first kappa shape index (κ1) is 41.6. The minimum atomic E-state index is -0.702. The number of ether oxygens (including phenoxy) is 2. The van der Waals surface area contributed by atoms with E-state index in [9.17, 15) is 19.5 Å². The normalized spacial score (nSPS) is 13.1. The van der Waals surface area contributed by atoms with Crippen LogP contribution >= 0.6 is 11.8 Å². The number of carbonyl (C=O) groups is 3. The van der Waals surface area contributed by atoms with E-state index in [1.807, 2.05) is 115 Å². The number of hydrogen-bond donors (Lipinski definition) is 3. The summed E-state index contributed by atoms with van der Waals surface area (Å²) in [4.78, 5) is 40.2. The fraction of sp³-hybridized carbons (Fsp3) is 0.311. The Hall–Kier alpha value is -5.12. The zero-order valence-corrected chi connectivity index (χ0v) is 31.6. The van der Waals surface area contributed by atoms with E-state index in [0.29, 0.717) is 31.6 Å². The van der Waals surface area contributed by atoms with Gasteiger partial charge in [0.15, 0.2) is 0 Å². The first-order valence-corrected chi connectivity index (χ1v) is 19.5. The lowest BCUT2D eigenvalue weighted by molar-refractivity contribution is -0.149. The summed E-state index contributed by atoms with van der Waals surface area (Å²) in [7, 11) is 0. The van der Waals surface area contributed by atoms with Crippen LogP contribution in [0.15, 0.2) is 141 Å². The average molecular weight is 749 g/mol. The second-order valence-electron chi connectivity index (χ2n) is 13.2. The van der Waals surface area contributed by atoms with Crippen LogP contribution in [0.2, 0.25) is 0 Å². The highest BCUT2D eigenvalue weighted by atomic mass is 32.2. The molecule has 3 N–H and O–H groups in total. The molecule has 0 spiro atoms. The Balaban J connectivity index is 1.33. The Labute approximate surface area is 324 Å². The highest BCUT2D eigenvalue weighted by Crippen LogP contribution is 2.19. The number of aliphatic hydroxyl groups excluding tert-OH is 1. The number of nitrogens with one attached hydrogen (secondary N) is 2. The molecule has 0 heterocycles. The predicted molar refractivity (Wildman–Crippen MR) is 217 cm³/mol. The number of amides is 2. The first-order valence-electron chi connectivity index (χ1n) is 18.4. The van der Waals surface area contributed by atoms with Crippen molar-refractivity contribution in [2.45, 2.75) is 56.5 Å². The molecule has 0 saturated carbocycles. The third kappa shape index (κ3) is 15.1. The van der Waals surface area contributed by atoms with Crippen LogP contribution in [-0.4, -0.2) is 53.9 Å². The zero-order chi connectivity index (χ0) is 38.4. The number of aliphatic hydroxyl groups is 1. The van der Waals surface area contributed by atoms with Gasteiger partial charge in [0.25, 0.3) is 0 Å². The molecule has 0 saturated heterocycles. The standard InChI is InChI=1S/C45H52N2O6S/c1-3-14-38(28-43(49)46-40(29-48)27-35-22-24-42(25-23-35)52-30-36-18-10-6-11-19-36)44(50)47-41(33-54-32-37-20-12-7-13-21-37)31-53-45(51)39(15-4-2)26-34-16-8-5-9-17-34/h3-13,16-25,38-41,48H,1-2,14-15,26-33H2,(H,46,49)(H,47,50)/t38-,39-,40-,41+/m0/s1. The molecule has 4 aromatic carbocycles. The third-order valence-electron chi connectivity index (χ3n) is 8.81.